The minimum atomic E-state index is -0.899. The minimum Gasteiger partial charge on any atom is -0.445 e. The third-order valence-corrected chi connectivity index (χ3v) is 17.6. The Labute approximate surface area is 471 Å². The van der Waals surface area contributed by atoms with E-state index in [4.69, 9.17) is 13.7 Å². The molecule has 0 saturated carbocycles. The lowest BCUT2D eigenvalue weighted by Gasteiger charge is -2.35. The second-order valence-corrected chi connectivity index (χ2v) is 22.0. The predicted octanol–water partition coefficient (Wildman–Crippen LogP) is 17.5. The third kappa shape index (κ3) is 7.38. The van der Waals surface area contributed by atoms with Gasteiger partial charge in [-0.2, -0.15) is 0 Å². The highest BCUT2D eigenvalue weighted by Gasteiger charge is 2.47. The van der Waals surface area contributed by atoms with E-state index < -0.39 is 21.4 Å². The van der Waals surface area contributed by atoms with E-state index in [0.717, 1.165) is 81.0 Å². The molecular weight excluding hydrogens is 981 g/mol. The Morgan fingerprint density at radius 3 is 0.568 bits per heavy atom. The van der Waals surface area contributed by atoms with Gasteiger partial charge in [0.1, 0.15) is 0 Å². The highest BCUT2D eigenvalue weighted by atomic mass is 16.7. The molecular formula is C75H51B3O3. The van der Waals surface area contributed by atoms with Gasteiger partial charge in [0.2, 0.25) is 0 Å². The summed E-state index contributed by atoms with van der Waals surface area (Å²) in [4.78, 5) is 0. The number of fused-ring (bicyclic) bond motifs is 9. The van der Waals surface area contributed by atoms with Crippen LogP contribution in [0.5, 0.6) is 0 Å². The first-order valence-electron chi connectivity index (χ1n) is 28.2. The van der Waals surface area contributed by atoms with Crippen LogP contribution in [0.15, 0.2) is 255 Å². The Hall–Kier alpha value is -9.29. The van der Waals surface area contributed by atoms with Crippen molar-refractivity contribution in [1.82, 2.24) is 0 Å². The molecule has 0 unspecified atom stereocenters. The SMILES string of the molecule is Cc1ccc(-c2c3ccccc3c(B3OB(c4c5ccccc5c(-c5ccc(C)c6ccccc56)c5ccccc45)OB(c4c5ccccc5c(-c5ccc(C)c6ccccc56)c5ccccc45)O3)c3ccccc23)c2ccccc12. The van der Waals surface area contributed by atoms with E-state index >= 15 is 0 Å². The summed E-state index contributed by atoms with van der Waals surface area (Å²) >= 11 is 0. The Balaban J connectivity index is 0.986. The maximum absolute atomic E-state index is 7.74. The van der Waals surface area contributed by atoms with E-state index in [-0.39, 0.29) is 0 Å². The Kier molecular flexibility index (Phi) is 11.2. The van der Waals surface area contributed by atoms with Crippen molar-refractivity contribution in [1.29, 1.82) is 0 Å². The van der Waals surface area contributed by atoms with Gasteiger partial charge >= 0.3 is 21.4 Å². The summed E-state index contributed by atoms with van der Waals surface area (Å²) in [6.45, 7) is 6.60. The molecule has 0 bridgehead atoms. The zero-order valence-corrected chi connectivity index (χ0v) is 45.2. The van der Waals surface area contributed by atoms with Crippen molar-refractivity contribution in [3.8, 4) is 33.4 Å². The average Bonchev–Trinajstić information content (AvgIpc) is 2.85. The van der Waals surface area contributed by atoms with E-state index in [9.17, 15) is 0 Å². The van der Waals surface area contributed by atoms with E-state index in [0.29, 0.717) is 0 Å². The van der Waals surface area contributed by atoms with Crippen molar-refractivity contribution in [2.45, 2.75) is 20.8 Å². The van der Waals surface area contributed by atoms with Crippen molar-refractivity contribution in [3.63, 3.8) is 0 Å². The molecule has 0 aliphatic carbocycles. The first-order chi connectivity index (χ1) is 40.0. The van der Waals surface area contributed by atoms with Crippen LogP contribution in [0.4, 0.5) is 0 Å². The fourth-order valence-corrected chi connectivity index (χ4v) is 14.0. The van der Waals surface area contributed by atoms with Crippen molar-refractivity contribution in [3.05, 3.63) is 271 Å². The third-order valence-electron chi connectivity index (χ3n) is 17.6. The number of benzene rings is 15. The lowest BCUT2D eigenvalue weighted by molar-refractivity contribution is 0.310. The summed E-state index contributed by atoms with van der Waals surface area (Å²) < 4.78 is 23.2. The van der Waals surface area contributed by atoms with Crippen LogP contribution in [0, 0.1) is 20.8 Å². The lowest BCUT2D eigenvalue weighted by atomic mass is 9.57. The van der Waals surface area contributed by atoms with Crippen LogP contribution in [0.1, 0.15) is 16.7 Å². The largest absolute Gasteiger partial charge is 0.468 e. The molecule has 6 heteroatoms. The molecule has 0 atom stereocenters. The molecule has 378 valence electrons. The molecule has 0 spiro atoms. The van der Waals surface area contributed by atoms with Crippen LogP contribution < -0.4 is 16.4 Å². The van der Waals surface area contributed by atoms with Crippen LogP contribution in [-0.2, 0) is 13.7 Å². The summed E-state index contributed by atoms with van der Waals surface area (Å²) in [5.41, 5.74) is 13.8. The highest BCUT2D eigenvalue weighted by Crippen LogP contribution is 2.45. The number of rotatable bonds is 6. The molecule has 15 aromatic rings. The zero-order valence-electron chi connectivity index (χ0n) is 45.2. The Bertz CT molecular complexity index is 4440. The van der Waals surface area contributed by atoms with Crippen molar-refractivity contribution in [2.24, 2.45) is 0 Å². The lowest BCUT2D eigenvalue weighted by Crippen LogP contribution is -2.62. The molecule has 0 N–H and O–H groups in total. The molecule has 3 nitrogen and oxygen atoms in total. The average molecular weight is 1030 g/mol. The monoisotopic (exact) mass is 1030 g/mol. The van der Waals surface area contributed by atoms with Crippen LogP contribution in [-0.4, -0.2) is 21.4 Å². The van der Waals surface area contributed by atoms with Gasteiger partial charge in [-0.25, -0.2) is 0 Å². The number of hydrogen-bond donors (Lipinski definition) is 0. The molecule has 1 heterocycles. The summed E-state index contributed by atoms with van der Waals surface area (Å²) in [5.74, 6) is 0. The normalized spacial score (nSPS) is 13.1. The fourth-order valence-electron chi connectivity index (χ4n) is 14.0. The van der Waals surface area contributed by atoms with Gasteiger partial charge < -0.3 is 13.7 Å². The van der Waals surface area contributed by atoms with Gasteiger partial charge in [-0.3, -0.25) is 0 Å². The van der Waals surface area contributed by atoms with Crippen LogP contribution in [0.25, 0.3) is 130 Å². The highest BCUT2D eigenvalue weighted by molar-refractivity contribution is 6.91. The summed E-state index contributed by atoms with van der Waals surface area (Å²) in [6.07, 6.45) is 0. The van der Waals surface area contributed by atoms with Gasteiger partial charge in [0.05, 0.1) is 0 Å². The first-order valence-corrected chi connectivity index (χ1v) is 28.2. The zero-order chi connectivity index (χ0) is 53.9. The van der Waals surface area contributed by atoms with Crippen LogP contribution in [0.2, 0.25) is 0 Å². The standard InChI is InChI=1S/C75H51B3O3/c1-46-40-43-61(52-25-7-4-22-49(46)52)70-55-28-10-16-34-64(55)73(65-35-17-11-29-56(65)70)76-79-77(74-66-36-18-12-30-57(66)71(58-31-13-19-37-67(58)74)62-44-41-47(2)50-23-5-8-26-53(50)62)81-78(80-76)75-68-38-20-14-32-59(68)72(60-33-15-21-39-69(60)75)63-45-42-48(3)51-24-6-9-27-54(51)63/h4-45H,1-3H3. The molecule has 0 radical (unpaired) electrons. The van der Waals surface area contributed by atoms with E-state index in [1.54, 1.807) is 0 Å². The smallest absolute Gasteiger partial charge is 0.445 e. The van der Waals surface area contributed by atoms with Crippen LogP contribution >= 0.6 is 0 Å². The van der Waals surface area contributed by atoms with Crippen molar-refractivity contribution < 1.29 is 13.7 Å². The van der Waals surface area contributed by atoms with Crippen molar-refractivity contribution >= 4 is 135 Å². The first kappa shape index (κ1) is 47.7. The minimum absolute atomic E-state index is 0.899. The molecule has 1 aliphatic rings. The molecule has 1 fully saturated rings. The van der Waals surface area contributed by atoms with Gasteiger partial charge in [-0.05, 0) is 184 Å². The second-order valence-electron chi connectivity index (χ2n) is 22.0. The van der Waals surface area contributed by atoms with Crippen LogP contribution in [0.3, 0.4) is 0 Å². The molecule has 0 aromatic heterocycles. The Morgan fingerprint density at radius 1 is 0.185 bits per heavy atom. The van der Waals surface area contributed by atoms with E-state index in [1.807, 2.05) is 0 Å². The Morgan fingerprint density at radius 2 is 0.358 bits per heavy atom. The van der Waals surface area contributed by atoms with Gasteiger partial charge in [-0.15, -0.1) is 0 Å². The summed E-state index contributed by atoms with van der Waals surface area (Å²) in [7, 11) is -2.70. The maximum Gasteiger partial charge on any atom is 0.468 e. The fraction of sp³-hybridized carbons (Fsp3) is 0.0400. The molecule has 81 heavy (non-hydrogen) atoms. The van der Waals surface area contributed by atoms with Gasteiger partial charge in [0.15, 0.2) is 0 Å². The molecule has 16 rings (SSSR count). The maximum atomic E-state index is 7.74. The number of aryl methyl sites for hydroxylation is 3. The molecule has 0 amide bonds. The summed E-state index contributed by atoms with van der Waals surface area (Å²) in [5, 5.41) is 20.6. The topological polar surface area (TPSA) is 27.7 Å². The molecule has 1 saturated heterocycles. The van der Waals surface area contributed by atoms with Crippen molar-refractivity contribution in [2.75, 3.05) is 0 Å². The second kappa shape index (κ2) is 18.9. The summed E-state index contributed by atoms with van der Waals surface area (Å²) in [6, 6.07) is 93.0. The van der Waals surface area contributed by atoms with Gasteiger partial charge in [0.25, 0.3) is 0 Å². The van der Waals surface area contributed by atoms with Gasteiger partial charge in [0, 0.05) is 0 Å². The van der Waals surface area contributed by atoms with Gasteiger partial charge in [-0.1, -0.05) is 255 Å². The molecule has 15 aromatic carbocycles. The quantitative estimate of drug-likeness (QED) is 0.123. The molecule has 1 aliphatic heterocycles. The number of hydrogen-bond acceptors (Lipinski definition) is 3. The van der Waals surface area contributed by atoms with E-state index in [1.165, 1.54) is 82.4 Å². The van der Waals surface area contributed by atoms with E-state index in [2.05, 4.69) is 276 Å². The predicted molar refractivity (Wildman–Crippen MR) is 347 cm³/mol.